The zero-order valence-electron chi connectivity index (χ0n) is 38.0. The SMILES string of the molecule is c1ccc(-c2cc(-c3ccccc3)c3c(c2)c2cc(N(c4ccccc4-c4ccccc4)c4cccc5c4sc4ccccc45)ccc2n3-c2ccc(-c3cccc4c3oc3ccccc34)cc2)cc1. The molecule has 0 atom stereocenters. The van der Waals surface area contributed by atoms with Crippen molar-refractivity contribution < 1.29 is 4.42 Å². The maximum Gasteiger partial charge on any atom is 0.143 e. The van der Waals surface area contributed by atoms with Crippen LogP contribution in [0, 0.1) is 0 Å². The minimum atomic E-state index is 0.900. The largest absolute Gasteiger partial charge is 0.455 e. The highest BCUT2D eigenvalue weighted by Gasteiger charge is 2.25. The lowest BCUT2D eigenvalue weighted by Crippen LogP contribution is -2.11. The molecule has 0 bridgehead atoms. The minimum Gasteiger partial charge on any atom is -0.455 e. The van der Waals surface area contributed by atoms with Crippen molar-refractivity contribution in [1.82, 2.24) is 4.57 Å². The van der Waals surface area contributed by atoms with Crippen molar-refractivity contribution in [3.05, 3.63) is 255 Å². The Bertz CT molecular complexity index is 4280. The number of rotatable bonds is 8. The van der Waals surface area contributed by atoms with Crippen molar-refractivity contribution in [2.24, 2.45) is 0 Å². The molecule has 3 aromatic heterocycles. The zero-order chi connectivity index (χ0) is 46.1. The van der Waals surface area contributed by atoms with Crippen molar-refractivity contribution in [3.63, 3.8) is 0 Å². The number of hydrogen-bond acceptors (Lipinski definition) is 3. The van der Waals surface area contributed by atoms with Crippen LogP contribution in [0.1, 0.15) is 0 Å². The molecule has 0 unspecified atom stereocenters. The van der Waals surface area contributed by atoms with Gasteiger partial charge in [0.2, 0.25) is 0 Å². The van der Waals surface area contributed by atoms with Crippen molar-refractivity contribution in [1.29, 1.82) is 0 Å². The fourth-order valence-electron chi connectivity index (χ4n) is 10.8. The first kappa shape index (κ1) is 40.1. The molecule has 0 aliphatic heterocycles. The maximum atomic E-state index is 6.53. The highest BCUT2D eigenvalue weighted by molar-refractivity contribution is 7.26. The van der Waals surface area contributed by atoms with Gasteiger partial charge in [0.15, 0.2) is 0 Å². The van der Waals surface area contributed by atoms with Gasteiger partial charge in [0.1, 0.15) is 11.2 Å². The van der Waals surface area contributed by atoms with Crippen LogP contribution in [0.3, 0.4) is 0 Å². The molecule has 3 nitrogen and oxygen atoms in total. The molecular weight excluding hydrogens is 869 g/mol. The molecule has 328 valence electrons. The summed E-state index contributed by atoms with van der Waals surface area (Å²) in [6.45, 7) is 0. The van der Waals surface area contributed by atoms with Gasteiger partial charge < -0.3 is 13.9 Å². The maximum absolute atomic E-state index is 6.53. The smallest absolute Gasteiger partial charge is 0.143 e. The summed E-state index contributed by atoms with van der Waals surface area (Å²) in [5.74, 6) is 0. The van der Waals surface area contributed by atoms with Gasteiger partial charge >= 0.3 is 0 Å². The fourth-order valence-corrected chi connectivity index (χ4v) is 12.0. The summed E-state index contributed by atoms with van der Waals surface area (Å²) in [6.07, 6.45) is 0. The summed E-state index contributed by atoms with van der Waals surface area (Å²) in [5, 5.41) is 7.15. The molecule has 14 rings (SSSR count). The van der Waals surface area contributed by atoms with Gasteiger partial charge in [0.05, 0.1) is 27.1 Å². The van der Waals surface area contributed by atoms with Crippen LogP contribution in [-0.4, -0.2) is 4.57 Å². The zero-order valence-corrected chi connectivity index (χ0v) is 38.8. The molecular formula is C66H42N2OS. The molecule has 0 aliphatic rings. The number of anilines is 3. The van der Waals surface area contributed by atoms with E-state index in [0.717, 1.165) is 72.4 Å². The molecule has 0 amide bonds. The van der Waals surface area contributed by atoms with Gasteiger partial charge in [0.25, 0.3) is 0 Å². The second-order valence-corrected chi connectivity index (χ2v) is 19.0. The number of thiophene rings is 1. The van der Waals surface area contributed by atoms with E-state index < -0.39 is 0 Å². The Balaban J connectivity index is 1.04. The standard InChI is InChI=1S/C66H42N2OS/c1-4-18-43(19-5-1)47-40-56(45-22-8-3-9-23-45)64-58(41-47)57-42-49(38-39-60(57)68(64)48-36-34-46(35-37-48)51-27-16-28-54-52-25-11-14-32-62(52)69-65(51)54)67(59-30-13-10-24-50(59)44-20-6-2-7-21-44)61-31-17-29-55-53-26-12-15-33-63(53)70-66(55)61/h1-42H. The molecule has 0 saturated carbocycles. The molecule has 0 N–H and O–H groups in total. The van der Waals surface area contributed by atoms with E-state index in [4.69, 9.17) is 4.42 Å². The van der Waals surface area contributed by atoms with Crippen LogP contribution in [0.15, 0.2) is 259 Å². The number of fused-ring (bicyclic) bond motifs is 9. The average Bonchev–Trinajstić information content (AvgIpc) is 4.12. The number of para-hydroxylation sites is 3. The van der Waals surface area contributed by atoms with E-state index in [1.165, 1.54) is 58.8 Å². The molecule has 3 heterocycles. The number of hydrogen-bond donors (Lipinski definition) is 0. The molecule has 14 aromatic rings. The third kappa shape index (κ3) is 6.49. The Morgan fingerprint density at radius 2 is 0.957 bits per heavy atom. The molecule has 70 heavy (non-hydrogen) atoms. The van der Waals surface area contributed by atoms with Gasteiger partial charge in [-0.25, -0.2) is 0 Å². The summed E-state index contributed by atoms with van der Waals surface area (Å²) in [7, 11) is 0. The lowest BCUT2D eigenvalue weighted by molar-refractivity contribution is 0.670. The van der Waals surface area contributed by atoms with E-state index in [1.54, 1.807) is 0 Å². The van der Waals surface area contributed by atoms with E-state index in [2.05, 4.69) is 258 Å². The Labute approximate surface area is 409 Å². The Hall–Kier alpha value is -8.96. The summed E-state index contributed by atoms with van der Waals surface area (Å²) in [4.78, 5) is 2.50. The van der Waals surface area contributed by atoms with E-state index >= 15 is 0 Å². The number of furan rings is 1. The monoisotopic (exact) mass is 910 g/mol. The second-order valence-electron chi connectivity index (χ2n) is 18.0. The van der Waals surface area contributed by atoms with Gasteiger partial charge in [-0.05, 0) is 94.5 Å². The first-order valence-corrected chi connectivity index (χ1v) is 24.6. The summed E-state index contributed by atoms with van der Waals surface area (Å²) in [6, 6.07) is 92.5. The van der Waals surface area contributed by atoms with Gasteiger partial charge in [-0.1, -0.05) is 188 Å². The molecule has 0 spiro atoms. The quantitative estimate of drug-likeness (QED) is 0.151. The first-order valence-electron chi connectivity index (χ1n) is 23.8. The van der Waals surface area contributed by atoms with Gasteiger partial charge in [0, 0.05) is 65.1 Å². The topological polar surface area (TPSA) is 21.3 Å². The number of aromatic nitrogens is 1. The Morgan fingerprint density at radius 1 is 0.357 bits per heavy atom. The molecule has 4 heteroatoms. The van der Waals surface area contributed by atoms with Gasteiger partial charge in [-0.15, -0.1) is 11.3 Å². The normalized spacial score (nSPS) is 11.7. The summed E-state index contributed by atoms with van der Waals surface area (Å²) >= 11 is 1.86. The lowest BCUT2D eigenvalue weighted by Gasteiger charge is -2.28. The van der Waals surface area contributed by atoms with E-state index in [0.29, 0.717) is 0 Å². The van der Waals surface area contributed by atoms with Crippen molar-refractivity contribution in [3.8, 4) is 50.2 Å². The number of benzene rings is 11. The number of nitrogens with zero attached hydrogens (tertiary/aromatic N) is 2. The average molecular weight is 911 g/mol. The highest BCUT2D eigenvalue weighted by atomic mass is 32.1. The first-order chi connectivity index (χ1) is 34.7. The van der Waals surface area contributed by atoms with Crippen LogP contribution in [0.2, 0.25) is 0 Å². The minimum absolute atomic E-state index is 0.900. The van der Waals surface area contributed by atoms with E-state index in [-0.39, 0.29) is 0 Å². The molecule has 0 radical (unpaired) electrons. The second kappa shape index (κ2) is 16.4. The van der Waals surface area contributed by atoms with Crippen molar-refractivity contribution >= 4 is 92.3 Å². The van der Waals surface area contributed by atoms with Crippen LogP contribution in [-0.2, 0) is 0 Å². The fraction of sp³-hybridized carbons (Fsp3) is 0. The Kier molecular flexibility index (Phi) is 9.39. The molecule has 11 aromatic carbocycles. The summed E-state index contributed by atoms with van der Waals surface area (Å²) in [5.41, 5.74) is 17.7. The molecule has 0 fully saturated rings. The van der Waals surface area contributed by atoms with Crippen LogP contribution in [0.5, 0.6) is 0 Å². The third-order valence-corrected chi connectivity index (χ3v) is 15.2. The predicted octanol–water partition coefficient (Wildman–Crippen LogP) is 19.2. The Morgan fingerprint density at radius 3 is 1.76 bits per heavy atom. The van der Waals surface area contributed by atoms with Crippen LogP contribution in [0.25, 0.3) is 114 Å². The van der Waals surface area contributed by atoms with Crippen LogP contribution in [0.4, 0.5) is 17.1 Å². The van der Waals surface area contributed by atoms with Gasteiger partial charge in [-0.3, -0.25) is 0 Å². The van der Waals surface area contributed by atoms with E-state index in [1.807, 2.05) is 17.4 Å². The van der Waals surface area contributed by atoms with Crippen molar-refractivity contribution in [2.75, 3.05) is 4.90 Å². The van der Waals surface area contributed by atoms with Gasteiger partial charge in [-0.2, -0.15) is 0 Å². The van der Waals surface area contributed by atoms with Crippen molar-refractivity contribution in [2.45, 2.75) is 0 Å². The highest BCUT2D eigenvalue weighted by Crippen LogP contribution is 2.49. The molecule has 0 aliphatic carbocycles. The van der Waals surface area contributed by atoms with Crippen LogP contribution < -0.4 is 4.90 Å². The lowest BCUT2D eigenvalue weighted by atomic mass is 9.95. The van der Waals surface area contributed by atoms with Crippen LogP contribution >= 0.6 is 11.3 Å². The van der Waals surface area contributed by atoms with E-state index in [9.17, 15) is 0 Å². The third-order valence-electron chi connectivity index (χ3n) is 14.0. The molecule has 0 saturated heterocycles. The summed E-state index contributed by atoms with van der Waals surface area (Å²) < 4.78 is 11.5. The predicted molar refractivity (Wildman–Crippen MR) is 297 cm³/mol.